The standard InChI is InChI=1S/C27H26N2O2/c1-27(2,23-3-7-25(8-4-23)30-19-21-11-15-28-16-12-21)24-5-9-26(10-6-24)31-20-22-13-17-29-18-14-22/h3-18H,19-20H2,1-2H3. The van der Waals surface area contributed by atoms with Gasteiger partial charge in [0.15, 0.2) is 0 Å². The van der Waals surface area contributed by atoms with Crippen LogP contribution < -0.4 is 9.47 Å². The maximum absolute atomic E-state index is 5.90. The number of hydrogen-bond acceptors (Lipinski definition) is 4. The van der Waals surface area contributed by atoms with Gasteiger partial charge in [0.25, 0.3) is 0 Å². The van der Waals surface area contributed by atoms with Gasteiger partial charge in [0.05, 0.1) is 0 Å². The molecule has 31 heavy (non-hydrogen) atoms. The van der Waals surface area contributed by atoms with Gasteiger partial charge < -0.3 is 9.47 Å². The lowest BCUT2D eigenvalue weighted by Gasteiger charge is -2.26. The highest BCUT2D eigenvalue weighted by atomic mass is 16.5. The first-order valence-electron chi connectivity index (χ1n) is 10.4. The lowest BCUT2D eigenvalue weighted by molar-refractivity contribution is 0.306. The lowest BCUT2D eigenvalue weighted by Crippen LogP contribution is -2.18. The molecule has 0 aliphatic carbocycles. The summed E-state index contributed by atoms with van der Waals surface area (Å²) in [6.45, 7) is 5.53. The van der Waals surface area contributed by atoms with Crippen LogP contribution in [0.4, 0.5) is 0 Å². The van der Waals surface area contributed by atoms with Crippen LogP contribution in [0.1, 0.15) is 36.1 Å². The SMILES string of the molecule is CC(C)(c1ccc(OCc2ccncc2)cc1)c1ccc(OCc2ccncc2)cc1. The van der Waals surface area contributed by atoms with E-state index in [1.807, 2.05) is 48.5 Å². The molecule has 4 aromatic rings. The Morgan fingerprint density at radius 1 is 0.548 bits per heavy atom. The van der Waals surface area contributed by atoms with Gasteiger partial charge in [-0.3, -0.25) is 9.97 Å². The van der Waals surface area contributed by atoms with E-state index in [2.05, 4.69) is 48.1 Å². The molecule has 0 bridgehead atoms. The van der Waals surface area contributed by atoms with Crippen LogP contribution in [0.2, 0.25) is 0 Å². The molecule has 2 heterocycles. The van der Waals surface area contributed by atoms with Gasteiger partial charge in [-0.15, -0.1) is 0 Å². The molecule has 156 valence electrons. The average molecular weight is 411 g/mol. The van der Waals surface area contributed by atoms with Crippen LogP contribution in [-0.2, 0) is 18.6 Å². The number of rotatable bonds is 8. The summed E-state index contributed by atoms with van der Waals surface area (Å²) in [5, 5.41) is 0. The van der Waals surface area contributed by atoms with Gasteiger partial charge in [0.1, 0.15) is 24.7 Å². The van der Waals surface area contributed by atoms with Crippen LogP contribution in [0.5, 0.6) is 11.5 Å². The molecule has 0 spiro atoms. The first kappa shape index (κ1) is 20.6. The monoisotopic (exact) mass is 410 g/mol. The zero-order valence-corrected chi connectivity index (χ0v) is 17.9. The van der Waals surface area contributed by atoms with Gasteiger partial charge >= 0.3 is 0 Å². The molecule has 4 rings (SSSR count). The molecule has 0 saturated carbocycles. The van der Waals surface area contributed by atoms with Crippen LogP contribution in [0, 0.1) is 0 Å². The zero-order chi connectivity index (χ0) is 21.5. The Morgan fingerprint density at radius 2 is 0.903 bits per heavy atom. The summed E-state index contributed by atoms with van der Waals surface area (Å²) in [5.41, 5.74) is 4.53. The number of nitrogens with zero attached hydrogens (tertiary/aromatic N) is 2. The number of pyridine rings is 2. The molecule has 0 radical (unpaired) electrons. The van der Waals surface area contributed by atoms with Crippen molar-refractivity contribution in [2.24, 2.45) is 0 Å². The van der Waals surface area contributed by atoms with E-state index in [0.29, 0.717) is 13.2 Å². The Labute approximate surface area is 183 Å². The Hall–Kier alpha value is -3.66. The highest BCUT2D eigenvalue weighted by Gasteiger charge is 2.23. The smallest absolute Gasteiger partial charge is 0.119 e. The molecular formula is C27H26N2O2. The second kappa shape index (κ2) is 9.43. The number of hydrogen-bond donors (Lipinski definition) is 0. The van der Waals surface area contributed by atoms with Crippen molar-refractivity contribution in [1.29, 1.82) is 0 Å². The first-order chi connectivity index (χ1) is 15.1. The Morgan fingerprint density at radius 3 is 1.26 bits per heavy atom. The Balaban J connectivity index is 1.39. The molecular weight excluding hydrogens is 384 g/mol. The van der Waals surface area contributed by atoms with Gasteiger partial charge in [-0.2, -0.15) is 0 Å². The van der Waals surface area contributed by atoms with E-state index in [-0.39, 0.29) is 5.41 Å². The molecule has 0 N–H and O–H groups in total. The van der Waals surface area contributed by atoms with Gasteiger partial charge in [-0.1, -0.05) is 38.1 Å². The predicted octanol–water partition coefficient (Wildman–Crippen LogP) is 5.96. The van der Waals surface area contributed by atoms with E-state index >= 15 is 0 Å². The van der Waals surface area contributed by atoms with Crippen molar-refractivity contribution in [3.8, 4) is 11.5 Å². The summed E-state index contributed by atoms with van der Waals surface area (Å²) >= 11 is 0. The normalized spacial score (nSPS) is 11.2. The molecule has 0 fully saturated rings. The van der Waals surface area contributed by atoms with E-state index in [1.165, 1.54) is 11.1 Å². The van der Waals surface area contributed by atoms with Crippen molar-refractivity contribution in [1.82, 2.24) is 9.97 Å². The average Bonchev–Trinajstić information content (AvgIpc) is 2.83. The Bertz CT molecular complexity index is 989. The van der Waals surface area contributed by atoms with Crippen molar-refractivity contribution in [2.45, 2.75) is 32.5 Å². The Kier molecular flexibility index (Phi) is 6.27. The van der Waals surface area contributed by atoms with Gasteiger partial charge in [-0.05, 0) is 70.8 Å². The summed E-state index contributed by atoms with van der Waals surface area (Å²) < 4.78 is 11.8. The molecule has 0 amide bonds. The van der Waals surface area contributed by atoms with Crippen molar-refractivity contribution in [3.05, 3.63) is 120 Å². The molecule has 0 saturated heterocycles. The topological polar surface area (TPSA) is 44.2 Å². The predicted molar refractivity (Wildman–Crippen MR) is 122 cm³/mol. The van der Waals surface area contributed by atoms with E-state index in [9.17, 15) is 0 Å². The van der Waals surface area contributed by atoms with E-state index in [0.717, 1.165) is 22.6 Å². The molecule has 2 aromatic carbocycles. The first-order valence-corrected chi connectivity index (χ1v) is 10.4. The van der Waals surface area contributed by atoms with Crippen molar-refractivity contribution in [2.75, 3.05) is 0 Å². The van der Waals surface area contributed by atoms with Crippen molar-refractivity contribution < 1.29 is 9.47 Å². The molecule has 4 nitrogen and oxygen atoms in total. The van der Waals surface area contributed by atoms with Gasteiger partial charge in [-0.25, -0.2) is 0 Å². The quantitative estimate of drug-likeness (QED) is 0.359. The molecule has 0 aliphatic rings. The minimum absolute atomic E-state index is 0.132. The van der Waals surface area contributed by atoms with Crippen molar-refractivity contribution >= 4 is 0 Å². The second-order valence-electron chi connectivity index (χ2n) is 7.96. The maximum atomic E-state index is 5.90. The fraction of sp³-hybridized carbons (Fsp3) is 0.185. The fourth-order valence-electron chi connectivity index (χ4n) is 3.39. The summed E-state index contributed by atoms with van der Waals surface area (Å²) in [5.74, 6) is 1.72. The molecule has 0 atom stereocenters. The summed E-state index contributed by atoms with van der Waals surface area (Å²) in [7, 11) is 0. The van der Waals surface area contributed by atoms with Crippen LogP contribution in [-0.4, -0.2) is 9.97 Å². The highest BCUT2D eigenvalue weighted by molar-refractivity contribution is 5.42. The maximum Gasteiger partial charge on any atom is 0.119 e. The molecule has 4 heteroatoms. The fourth-order valence-corrected chi connectivity index (χ4v) is 3.39. The third kappa shape index (κ3) is 5.28. The molecule has 2 aromatic heterocycles. The number of benzene rings is 2. The van der Waals surface area contributed by atoms with Gasteiger partial charge in [0, 0.05) is 30.2 Å². The second-order valence-corrected chi connectivity index (χ2v) is 7.96. The molecule has 0 unspecified atom stereocenters. The largest absolute Gasteiger partial charge is 0.489 e. The minimum atomic E-state index is -0.132. The lowest BCUT2D eigenvalue weighted by atomic mass is 9.78. The summed E-state index contributed by atoms with van der Waals surface area (Å²) in [6.07, 6.45) is 7.11. The van der Waals surface area contributed by atoms with Crippen LogP contribution in [0.3, 0.4) is 0 Å². The van der Waals surface area contributed by atoms with Crippen molar-refractivity contribution in [3.63, 3.8) is 0 Å². The van der Waals surface area contributed by atoms with Gasteiger partial charge in [0.2, 0.25) is 0 Å². The van der Waals surface area contributed by atoms with Crippen LogP contribution in [0.15, 0.2) is 97.6 Å². The molecule has 0 aliphatic heterocycles. The summed E-state index contributed by atoms with van der Waals surface area (Å²) in [6, 6.07) is 24.5. The zero-order valence-electron chi connectivity index (χ0n) is 17.9. The number of aromatic nitrogens is 2. The summed E-state index contributed by atoms with van der Waals surface area (Å²) in [4.78, 5) is 8.06. The van der Waals surface area contributed by atoms with Crippen LogP contribution >= 0.6 is 0 Å². The van der Waals surface area contributed by atoms with E-state index in [4.69, 9.17) is 9.47 Å². The van der Waals surface area contributed by atoms with E-state index in [1.54, 1.807) is 24.8 Å². The third-order valence-corrected chi connectivity index (χ3v) is 5.46. The highest BCUT2D eigenvalue weighted by Crippen LogP contribution is 2.33. The third-order valence-electron chi connectivity index (χ3n) is 5.46. The number of ether oxygens (including phenoxy) is 2. The van der Waals surface area contributed by atoms with E-state index < -0.39 is 0 Å². The minimum Gasteiger partial charge on any atom is -0.489 e. The van der Waals surface area contributed by atoms with Crippen LogP contribution in [0.25, 0.3) is 0 Å².